The van der Waals surface area contributed by atoms with E-state index in [-0.39, 0.29) is 18.4 Å². The van der Waals surface area contributed by atoms with Crippen molar-refractivity contribution >= 4 is 33.6 Å². The van der Waals surface area contributed by atoms with E-state index in [1.54, 1.807) is 11.9 Å². The quantitative estimate of drug-likeness (QED) is 0.302. The Kier molecular flexibility index (Phi) is 7.73. The molecule has 0 saturated heterocycles. The van der Waals surface area contributed by atoms with Gasteiger partial charge in [0, 0.05) is 31.3 Å². The van der Waals surface area contributed by atoms with Gasteiger partial charge in [0.1, 0.15) is 12.4 Å². The summed E-state index contributed by atoms with van der Waals surface area (Å²) >= 11 is 0. The molecule has 3 aromatic carbocycles. The number of carbonyl (C=O) groups is 2. The molecule has 5 rings (SSSR count). The summed E-state index contributed by atoms with van der Waals surface area (Å²) in [4.78, 5) is 32.9. The highest BCUT2D eigenvalue weighted by Crippen LogP contribution is 2.29. The van der Waals surface area contributed by atoms with Gasteiger partial charge in [0.05, 0.1) is 11.0 Å². The number of fused-ring (bicyclic) bond motifs is 2. The first-order chi connectivity index (χ1) is 18.9. The maximum atomic E-state index is 13.2. The fourth-order valence-electron chi connectivity index (χ4n) is 5.13. The number of likely N-dealkylation sites (N-methyl/N-ethyl adjacent to an activating group) is 1. The standard InChI is InChI=1S/C33H34N4O2/c1-4-28(21-25-13-9-10-23(25)2)34-32(38)22-37-30-15-8-7-14-29(30)35-31(37)18-19-36(3)33(39)27-17-16-24-11-5-6-12-26(24)20-27/h4-8,11-12,14-17,20-21H,2,9-10,13,18-19,22H2,1,3H3,(H,34,38)/b25-21-,28-4+. The Labute approximate surface area is 229 Å². The van der Waals surface area contributed by atoms with Crippen molar-refractivity contribution in [3.8, 4) is 0 Å². The molecule has 198 valence electrons. The van der Waals surface area contributed by atoms with E-state index < -0.39 is 0 Å². The SMILES string of the molecule is C=C1CCC/C1=C/C(=C\C)NC(=O)Cn1c(CCN(C)C(=O)c2ccc3ccccc3c2)nc2ccccc21. The van der Waals surface area contributed by atoms with Crippen molar-refractivity contribution in [2.45, 2.75) is 39.2 Å². The van der Waals surface area contributed by atoms with Gasteiger partial charge >= 0.3 is 0 Å². The molecule has 0 radical (unpaired) electrons. The van der Waals surface area contributed by atoms with Crippen LogP contribution in [0, 0.1) is 0 Å². The molecule has 4 aromatic rings. The molecule has 0 bridgehead atoms. The van der Waals surface area contributed by atoms with Gasteiger partial charge in [-0.2, -0.15) is 0 Å². The van der Waals surface area contributed by atoms with Crippen LogP contribution < -0.4 is 5.32 Å². The number of rotatable bonds is 8. The third-order valence-electron chi connectivity index (χ3n) is 7.35. The van der Waals surface area contributed by atoms with Crippen LogP contribution in [0.25, 0.3) is 21.8 Å². The van der Waals surface area contributed by atoms with E-state index in [4.69, 9.17) is 4.98 Å². The van der Waals surface area contributed by atoms with Crippen LogP contribution in [0.1, 0.15) is 42.4 Å². The summed E-state index contributed by atoms with van der Waals surface area (Å²) in [7, 11) is 1.81. The van der Waals surface area contributed by atoms with Gasteiger partial charge in [-0.25, -0.2) is 4.98 Å². The van der Waals surface area contributed by atoms with E-state index in [2.05, 4.69) is 11.9 Å². The van der Waals surface area contributed by atoms with Crippen molar-refractivity contribution in [2.24, 2.45) is 0 Å². The van der Waals surface area contributed by atoms with Crippen LogP contribution in [-0.4, -0.2) is 39.9 Å². The van der Waals surface area contributed by atoms with E-state index in [1.807, 2.05) is 90.4 Å². The van der Waals surface area contributed by atoms with Crippen molar-refractivity contribution in [2.75, 3.05) is 13.6 Å². The number of nitrogens with zero attached hydrogens (tertiary/aromatic N) is 3. The van der Waals surface area contributed by atoms with Gasteiger partial charge < -0.3 is 14.8 Å². The Morgan fingerprint density at radius 3 is 2.59 bits per heavy atom. The van der Waals surface area contributed by atoms with Gasteiger partial charge in [0.25, 0.3) is 5.91 Å². The molecule has 2 amide bonds. The van der Waals surface area contributed by atoms with Crippen LogP contribution in [0.5, 0.6) is 0 Å². The van der Waals surface area contributed by atoms with E-state index in [1.165, 1.54) is 5.57 Å². The second-order valence-corrected chi connectivity index (χ2v) is 10.1. The third kappa shape index (κ3) is 5.85. The van der Waals surface area contributed by atoms with Gasteiger partial charge in [0.2, 0.25) is 5.91 Å². The monoisotopic (exact) mass is 518 g/mol. The zero-order valence-electron chi connectivity index (χ0n) is 22.6. The molecule has 1 aliphatic rings. The Hall–Kier alpha value is -4.45. The lowest BCUT2D eigenvalue weighted by atomic mass is 10.1. The summed E-state index contributed by atoms with van der Waals surface area (Å²) in [6.07, 6.45) is 7.59. The molecule has 1 fully saturated rings. The number of hydrogen-bond acceptors (Lipinski definition) is 3. The summed E-state index contributed by atoms with van der Waals surface area (Å²) in [6, 6.07) is 21.6. The van der Waals surface area contributed by atoms with Crippen molar-refractivity contribution in [3.63, 3.8) is 0 Å². The van der Waals surface area contributed by atoms with Crippen LogP contribution >= 0.6 is 0 Å². The van der Waals surface area contributed by atoms with Crippen molar-refractivity contribution in [3.05, 3.63) is 114 Å². The van der Waals surface area contributed by atoms with E-state index in [0.717, 1.165) is 58.2 Å². The van der Waals surface area contributed by atoms with Gasteiger partial charge in [0.15, 0.2) is 0 Å². The maximum absolute atomic E-state index is 13.2. The predicted octanol–water partition coefficient (Wildman–Crippen LogP) is 6.19. The molecule has 1 aliphatic carbocycles. The Morgan fingerprint density at radius 2 is 1.82 bits per heavy atom. The Balaban J connectivity index is 1.30. The average Bonchev–Trinajstić information content (AvgIpc) is 3.52. The largest absolute Gasteiger partial charge is 0.341 e. The number of carbonyl (C=O) groups excluding carboxylic acids is 2. The molecule has 1 heterocycles. The summed E-state index contributed by atoms with van der Waals surface area (Å²) in [5.41, 5.74) is 5.52. The summed E-state index contributed by atoms with van der Waals surface area (Å²) in [5.74, 6) is 0.614. The Bertz CT molecular complexity index is 1630. The van der Waals surface area contributed by atoms with Crippen molar-refractivity contribution in [1.29, 1.82) is 0 Å². The molecule has 0 unspecified atom stereocenters. The maximum Gasteiger partial charge on any atom is 0.253 e. The molecule has 1 saturated carbocycles. The van der Waals surface area contributed by atoms with Gasteiger partial charge in [-0.05, 0) is 72.9 Å². The number of para-hydroxylation sites is 2. The molecule has 0 atom stereocenters. The average molecular weight is 519 g/mol. The van der Waals surface area contributed by atoms with Crippen molar-refractivity contribution in [1.82, 2.24) is 19.8 Å². The van der Waals surface area contributed by atoms with Crippen LogP contribution in [0.4, 0.5) is 0 Å². The predicted molar refractivity (Wildman–Crippen MR) is 157 cm³/mol. The highest BCUT2D eigenvalue weighted by Gasteiger charge is 2.18. The van der Waals surface area contributed by atoms with Crippen LogP contribution in [0.15, 0.2) is 102 Å². The fraction of sp³-hybridized carbons (Fsp3) is 0.242. The number of aromatic nitrogens is 2. The molecular formula is C33H34N4O2. The zero-order chi connectivity index (χ0) is 27.4. The van der Waals surface area contributed by atoms with E-state index in [9.17, 15) is 9.59 Å². The minimum Gasteiger partial charge on any atom is -0.341 e. The van der Waals surface area contributed by atoms with E-state index >= 15 is 0 Å². The molecule has 0 spiro atoms. The Morgan fingerprint density at radius 1 is 1.05 bits per heavy atom. The first-order valence-corrected chi connectivity index (χ1v) is 13.5. The van der Waals surface area contributed by atoms with Gasteiger partial charge in [-0.15, -0.1) is 0 Å². The number of amides is 2. The smallest absolute Gasteiger partial charge is 0.253 e. The third-order valence-corrected chi connectivity index (χ3v) is 7.35. The lowest BCUT2D eigenvalue weighted by Crippen LogP contribution is -2.30. The first-order valence-electron chi connectivity index (χ1n) is 13.5. The van der Waals surface area contributed by atoms with Crippen LogP contribution in [0.3, 0.4) is 0 Å². The lowest BCUT2D eigenvalue weighted by molar-refractivity contribution is -0.120. The molecule has 6 heteroatoms. The number of benzene rings is 3. The van der Waals surface area contributed by atoms with Crippen molar-refractivity contribution < 1.29 is 9.59 Å². The molecule has 0 aliphatic heterocycles. The first kappa shape index (κ1) is 26.2. The zero-order valence-corrected chi connectivity index (χ0v) is 22.6. The number of imidazole rings is 1. The van der Waals surface area contributed by atoms with Gasteiger partial charge in [-0.1, -0.05) is 60.7 Å². The van der Waals surface area contributed by atoms with E-state index in [0.29, 0.717) is 18.5 Å². The number of nitrogens with one attached hydrogen (secondary N) is 1. The minimum atomic E-state index is -0.117. The second kappa shape index (κ2) is 11.5. The molecular weight excluding hydrogens is 484 g/mol. The second-order valence-electron chi connectivity index (χ2n) is 10.1. The number of hydrogen-bond donors (Lipinski definition) is 1. The highest BCUT2D eigenvalue weighted by molar-refractivity contribution is 5.98. The van der Waals surface area contributed by atoms with Gasteiger partial charge in [-0.3, -0.25) is 9.59 Å². The minimum absolute atomic E-state index is 0.0413. The van der Waals surface area contributed by atoms with Crippen LogP contribution in [0.2, 0.25) is 0 Å². The van der Waals surface area contributed by atoms with Crippen LogP contribution in [-0.2, 0) is 17.8 Å². The molecule has 6 nitrogen and oxygen atoms in total. The molecule has 39 heavy (non-hydrogen) atoms. The summed E-state index contributed by atoms with van der Waals surface area (Å²) < 4.78 is 1.95. The lowest BCUT2D eigenvalue weighted by Gasteiger charge is -2.18. The number of allylic oxidation sites excluding steroid dienone is 4. The fourth-order valence-corrected chi connectivity index (χ4v) is 5.13. The molecule has 1 N–H and O–H groups in total. The normalized spacial score (nSPS) is 14.9. The summed E-state index contributed by atoms with van der Waals surface area (Å²) in [5, 5.41) is 5.20. The topological polar surface area (TPSA) is 67.2 Å². The highest BCUT2D eigenvalue weighted by atomic mass is 16.2. The summed E-state index contributed by atoms with van der Waals surface area (Å²) in [6.45, 7) is 6.68. The molecule has 1 aromatic heterocycles.